The van der Waals surface area contributed by atoms with Crippen molar-refractivity contribution in [3.8, 4) is 11.5 Å². The van der Waals surface area contributed by atoms with Gasteiger partial charge in [0.1, 0.15) is 5.69 Å². The molecule has 24 heavy (non-hydrogen) atoms. The van der Waals surface area contributed by atoms with Gasteiger partial charge < -0.3 is 15.7 Å². The van der Waals surface area contributed by atoms with E-state index in [1.54, 1.807) is 22.9 Å². The number of aromatic nitrogens is 6. The smallest absolute Gasteiger partial charge is 0.232 e. The molecule has 0 fully saturated rings. The van der Waals surface area contributed by atoms with Crippen LogP contribution in [0.25, 0.3) is 33.0 Å². The Balaban J connectivity index is 2.04. The van der Waals surface area contributed by atoms with Crippen molar-refractivity contribution < 1.29 is 5.11 Å². The lowest BCUT2D eigenvalue weighted by Gasteiger charge is -2.02. The van der Waals surface area contributed by atoms with E-state index in [0.29, 0.717) is 34.0 Å². The molecule has 0 aliphatic carbocycles. The van der Waals surface area contributed by atoms with E-state index in [2.05, 4.69) is 24.9 Å². The predicted molar refractivity (Wildman–Crippen MR) is 87.3 cm³/mol. The molecule has 4 heterocycles. The molecule has 0 spiro atoms. The van der Waals surface area contributed by atoms with Crippen molar-refractivity contribution in [3.63, 3.8) is 0 Å². The van der Waals surface area contributed by atoms with Crippen LogP contribution >= 0.6 is 0 Å². The van der Waals surface area contributed by atoms with E-state index >= 15 is 0 Å². The highest BCUT2D eigenvalue weighted by atomic mass is 16.3. The highest BCUT2D eigenvalue weighted by Crippen LogP contribution is 2.29. The highest BCUT2D eigenvalue weighted by Gasteiger charge is 2.20. The van der Waals surface area contributed by atoms with Gasteiger partial charge in [-0.2, -0.15) is 9.50 Å². The maximum absolute atomic E-state index is 9.23. The minimum atomic E-state index is -0.106. The number of hydrogen-bond acceptors (Lipinski definition) is 6. The van der Waals surface area contributed by atoms with Gasteiger partial charge in [-0.05, 0) is 18.2 Å². The summed E-state index contributed by atoms with van der Waals surface area (Å²) >= 11 is 0. The van der Waals surface area contributed by atoms with Gasteiger partial charge in [-0.3, -0.25) is 9.55 Å². The molecule has 4 aromatic rings. The molecular weight excluding hydrogens is 308 g/mol. The van der Waals surface area contributed by atoms with Crippen LogP contribution in [0.4, 0.5) is 11.8 Å². The molecule has 118 valence electrons. The Kier molecular flexibility index (Phi) is 3.11. The molecule has 0 aliphatic heterocycles. The first-order valence-corrected chi connectivity index (χ1v) is 7.18. The second kappa shape index (κ2) is 5.29. The van der Waals surface area contributed by atoms with E-state index < -0.39 is 0 Å². The molecule has 0 bridgehead atoms. The van der Waals surface area contributed by atoms with Crippen LogP contribution in [0.15, 0.2) is 30.5 Å². The van der Waals surface area contributed by atoms with E-state index in [0.717, 1.165) is 0 Å². The Morgan fingerprint density at radius 1 is 1.25 bits per heavy atom. The van der Waals surface area contributed by atoms with Gasteiger partial charge in [-0.25, -0.2) is 4.98 Å². The standard InChI is InChI=1S/C15H12N8O/c1-17-11-8-9-13(22(11)6-7-24)20-15(16)23-14(9)19-12(21-23)10-4-2-3-5-18-10/h2-5,8,24H,6-7H2,(H2,16,20). The molecule has 0 saturated heterocycles. The van der Waals surface area contributed by atoms with Gasteiger partial charge in [-0.15, -0.1) is 5.10 Å². The molecular formula is C15H12N8O. The zero-order valence-corrected chi connectivity index (χ0v) is 12.5. The van der Waals surface area contributed by atoms with E-state index in [1.165, 1.54) is 4.52 Å². The average Bonchev–Trinajstić information content (AvgIpc) is 3.19. The van der Waals surface area contributed by atoms with E-state index in [1.807, 2.05) is 12.1 Å². The summed E-state index contributed by atoms with van der Waals surface area (Å²) in [6.07, 6.45) is 1.66. The quantitative estimate of drug-likeness (QED) is 0.550. The number of aliphatic hydroxyl groups is 1. The third-order valence-electron chi connectivity index (χ3n) is 3.66. The van der Waals surface area contributed by atoms with Gasteiger partial charge in [-0.1, -0.05) is 12.6 Å². The summed E-state index contributed by atoms with van der Waals surface area (Å²) in [7, 11) is 0. The Labute approximate surface area is 135 Å². The molecule has 0 aromatic carbocycles. The minimum Gasteiger partial charge on any atom is -0.392 e. The molecule has 0 amide bonds. The third-order valence-corrected chi connectivity index (χ3v) is 3.66. The Hall–Kier alpha value is -3.51. The number of nitrogens with zero attached hydrogens (tertiary/aromatic N) is 7. The molecule has 9 nitrogen and oxygen atoms in total. The van der Waals surface area contributed by atoms with Crippen molar-refractivity contribution in [2.45, 2.75) is 6.54 Å². The average molecular weight is 320 g/mol. The Morgan fingerprint density at radius 2 is 2.12 bits per heavy atom. The van der Waals surface area contributed by atoms with Crippen LogP contribution in [0.3, 0.4) is 0 Å². The topological polar surface area (TPSA) is 112 Å². The van der Waals surface area contributed by atoms with Crippen molar-refractivity contribution >= 4 is 28.4 Å². The third kappa shape index (κ3) is 1.98. The van der Waals surface area contributed by atoms with Crippen LogP contribution in [0.5, 0.6) is 0 Å². The van der Waals surface area contributed by atoms with Crippen LogP contribution in [-0.2, 0) is 6.54 Å². The van der Waals surface area contributed by atoms with Gasteiger partial charge in [0.2, 0.25) is 23.2 Å². The highest BCUT2D eigenvalue weighted by molar-refractivity contribution is 5.94. The summed E-state index contributed by atoms with van der Waals surface area (Å²) < 4.78 is 3.05. The largest absolute Gasteiger partial charge is 0.392 e. The maximum Gasteiger partial charge on any atom is 0.232 e. The molecule has 0 unspecified atom stereocenters. The van der Waals surface area contributed by atoms with E-state index in [-0.39, 0.29) is 19.1 Å². The Bertz CT molecular complexity index is 1090. The fraction of sp³-hybridized carbons (Fsp3) is 0.133. The van der Waals surface area contributed by atoms with Crippen LogP contribution in [-0.4, -0.2) is 40.8 Å². The van der Waals surface area contributed by atoms with Crippen molar-refractivity contribution in [1.82, 2.24) is 29.1 Å². The monoisotopic (exact) mass is 320 g/mol. The molecule has 0 aliphatic rings. The summed E-state index contributed by atoms with van der Waals surface area (Å²) in [4.78, 5) is 16.6. The summed E-state index contributed by atoms with van der Waals surface area (Å²) in [5, 5.41) is 14.2. The number of rotatable bonds is 3. The van der Waals surface area contributed by atoms with Gasteiger partial charge >= 0.3 is 0 Å². The van der Waals surface area contributed by atoms with Gasteiger partial charge in [0.05, 0.1) is 18.5 Å². The van der Waals surface area contributed by atoms with Crippen molar-refractivity contribution in [1.29, 1.82) is 0 Å². The summed E-state index contributed by atoms with van der Waals surface area (Å²) in [6, 6.07) is 7.14. The first-order valence-electron chi connectivity index (χ1n) is 7.18. The normalized spacial score (nSPS) is 11.2. The lowest BCUT2D eigenvalue weighted by molar-refractivity contribution is 0.279. The molecule has 4 rings (SSSR count). The molecule has 0 saturated carbocycles. The van der Waals surface area contributed by atoms with Crippen LogP contribution in [0.1, 0.15) is 0 Å². The second-order valence-electron chi connectivity index (χ2n) is 5.08. The fourth-order valence-corrected chi connectivity index (χ4v) is 2.63. The minimum absolute atomic E-state index is 0.106. The van der Waals surface area contributed by atoms with Gasteiger partial charge in [0.25, 0.3) is 0 Å². The van der Waals surface area contributed by atoms with Gasteiger partial charge in [0, 0.05) is 6.20 Å². The summed E-state index contributed by atoms with van der Waals surface area (Å²) in [6.45, 7) is 7.46. The number of anilines is 1. The molecule has 9 heteroatoms. The van der Waals surface area contributed by atoms with E-state index in [4.69, 9.17) is 12.3 Å². The number of aliphatic hydroxyl groups excluding tert-OH is 1. The second-order valence-corrected chi connectivity index (χ2v) is 5.08. The molecule has 0 atom stereocenters. The predicted octanol–water partition coefficient (Wildman–Crippen LogP) is 1.27. The zero-order chi connectivity index (χ0) is 16.7. The van der Waals surface area contributed by atoms with Crippen LogP contribution < -0.4 is 5.73 Å². The lowest BCUT2D eigenvalue weighted by Crippen LogP contribution is -2.06. The maximum atomic E-state index is 9.23. The number of fused-ring (bicyclic) bond motifs is 3. The first-order chi connectivity index (χ1) is 11.7. The van der Waals surface area contributed by atoms with Crippen LogP contribution in [0, 0.1) is 6.57 Å². The SMILES string of the molecule is [C-]#[N+]c1cc2c(nc(N)n3nc(-c4ccccn4)nc23)n1CCO. The zero-order valence-electron chi connectivity index (χ0n) is 12.5. The first kappa shape index (κ1) is 14.1. The van der Waals surface area contributed by atoms with Gasteiger partial charge in [0.15, 0.2) is 5.65 Å². The molecule has 0 radical (unpaired) electrons. The molecule has 3 N–H and O–H groups in total. The number of nitrogens with two attached hydrogens (primary N) is 1. The Morgan fingerprint density at radius 3 is 2.83 bits per heavy atom. The number of hydrogen-bond donors (Lipinski definition) is 2. The van der Waals surface area contributed by atoms with E-state index in [9.17, 15) is 5.11 Å². The lowest BCUT2D eigenvalue weighted by atomic mass is 10.3. The number of pyridine rings is 1. The summed E-state index contributed by atoms with van der Waals surface area (Å²) in [5.41, 5.74) is 7.62. The van der Waals surface area contributed by atoms with Crippen molar-refractivity contribution in [2.24, 2.45) is 0 Å². The summed E-state index contributed by atoms with van der Waals surface area (Å²) in [5.74, 6) is 0.943. The number of nitrogen functional groups attached to an aromatic ring is 1. The van der Waals surface area contributed by atoms with Crippen molar-refractivity contribution in [2.75, 3.05) is 12.3 Å². The molecule has 4 aromatic heterocycles. The van der Waals surface area contributed by atoms with Crippen LogP contribution in [0.2, 0.25) is 0 Å². The fourth-order valence-electron chi connectivity index (χ4n) is 2.63. The van der Waals surface area contributed by atoms with Crippen molar-refractivity contribution in [3.05, 3.63) is 41.9 Å².